The van der Waals surface area contributed by atoms with Crippen LogP contribution in [0.1, 0.15) is 17.7 Å². The van der Waals surface area contributed by atoms with Gasteiger partial charge in [-0.1, -0.05) is 0 Å². The second-order valence-corrected chi connectivity index (χ2v) is 2.76. The number of hydrogen-bond acceptors (Lipinski definition) is 4. The number of pyridine rings is 1. The summed E-state index contributed by atoms with van der Waals surface area (Å²) >= 11 is 0. The topological polar surface area (TPSA) is 71.9 Å². The van der Waals surface area contributed by atoms with E-state index in [1.54, 1.807) is 0 Å². The SMILES string of the molecule is COc1c(CC#N)cc(C(F)F)nc1N. The molecule has 0 saturated heterocycles. The molecule has 6 heteroatoms. The zero-order valence-corrected chi connectivity index (χ0v) is 8.00. The van der Waals surface area contributed by atoms with Gasteiger partial charge in [0.25, 0.3) is 6.43 Å². The molecular formula is C9H9F2N3O. The van der Waals surface area contributed by atoms with Crippen molar-refractivity contribution < 1.29 is 13.5 Å². The Kier molecular flexibility index (Phi) is 3.39. The summed E-state index contributed by atoms with van der Waals surface area (Å²) in [6.07, 6.45) is -2.76. The maximum atomic E-state index is 12.4. The Hall–Kier alpha value is -1.90. The van der Waals surface area contributed by atoms with Crippen LogP contribution >= 0.6 is 0 Å². The minimum absolute atomic E-state index is 0.0460. The molecule has 1 rings (SSSR count). The summed E-state index contributed by atoms with van der Waals surface area (Å²) in [7, 11) is 1.34. The lowest BCUT2D eigenvalue weighted by Gasteiger charge is -2.10. The van der Waals surface area contributed by atoms with Gasteiger partial charge < -0.3 is 10.5 Å². The number of anilines is 1. The van der Waals surface area contributed by atoms with E-state index < -0.39 is 12.1 Å². The van der Waals surface area contributed by atoms with Gasteiger partial charge in [0.2, 0.25) is 0 Å². The number of nitrogens with two attached hydrogens (primary N) is 1. The van der Waals surface area contributed by atoms with Gasteiger partial charge in [-0.15, -0.1) is 0 Å². The highest BCUT2D eigenvalue weighted by molar-refractivity contribution is 5.53. The van der Waals surface area contributed by atoms with Crippen molar-refractivity contribution in [1.29, 1.82) is 5.26 Å². The number of nitrogen functional groups attached to an aromatic ring is 1. The fraction of sp³-hybridized carbons (Fsp3) is 0.333. The Morgan fingerprint density at radius 1 is 1.67 bits per heavy atom. The summed E-state index contributed by atoms with van der Waals surface area (Å²) in [5.41, 5.74) is 5.30. The average molecular weight is 213 g/mol. The van der Waals surface area contributed by atoms with Gasteiger partial charge in [0.1, 0.15) is 5.69 Å². The fourth-order valence-corrected chi connectivity index (χ4v) is 1.19. The Morgan fingerprint density at radius 2 is 2.33 bits per heavy atom. The second-order valence-electron chi connectivity index (χ2n) is 2.76. The zero-order chi connectivity index (χ0) is 11.4. The van der Waals surface area contributed by atoms with Crippen LogP contribution in [0.3, 0.4) is 0 Å². The van der Waals surface area contributed by atoms with Crippen LogP contribution in [0, 0.1) is 11.3 Å². The number of rotatable bonds is 3. The maximum Gasteiger partial charge on any atom is 0.280 e. The Morgan fingerprint density at radius 3 is 2.80 bits per heavy atom. The van der Waals surface area contributed by atoms with Crippen molar-refractivity contribution in [3.05, 3.63) is 17.3 Å². The second kappa shape index (κ2) is 4.55. The van der Waals surface area contributed by atoms with Crippen LogP contribution in [0.15, 0.2) is 6.07 Å². The third-order valence-electron chi connectivity index (χ3n) is 1.79. The molecule has 0 amide bonds. The lowest BCUT2D eigenvalue weighted by Crippen LogP contribution is -2.03. The quantitative estimate of drug-likeness (QED) is 0.828. The minimum Gasteiger partial charge on any atom is -0.493 e. The lowest BCUT2D eigenvalue weighted by molar-refractivity contribution is 0.146. The van der Waals surface area contributed by atoms with Gasteiger partial charge >= 0.3 is 0 Å². The third-order valence-corrected chi connectivity index (χ3v) is 1.79. The average Bonchev–Trinajstić information content (AvgIpc) is 2.17. The van der Waals surface area contributed by atoms with E-state index in [0.717, 1.165) is 6.07 Å². The molecule has 0 radical (unpaired) electrons. The molecule has 1 heterocycles. The van der Waals surface area contributed by atoms with Crippen molar-refractivity contribution in [2.75, 3.05) is 12.8 Å². The molecule has 0 atom stereocenters. The Bertz CT molecular complexity index is 401. The summed E-state index contributed by atoms with van der Waals surface area (Å²) in [6, 6.07) is 2.97. The standard InChI is InChI=1S/C9H9F2N3O/c1-15-7-5(2-3-12)4-6(8(10)11)14-9(7)13/h4,8H,2H2,1H3,(H2,13,14). The normalized spacial score (nSPS) is 10.1. The van der Waals surface area contributed by atoms with Crippen molar-refractivity contribution in [1.82, 2.24) is 4.98 Å². The van der Waals surface area contributed by atoms with Gasteiger partial charge in [-0.25, -0.2) is 13.8 Å². The van der Waals surface area contributed by atoms with Crippen LogP contribution in [-0.2, 0) is 6.42 Å². The molecular weight excluding hydrogens is 204 g/mol. The molecule has 0 bridgehead atoms. The number of nitrogens with zero attached hydrogens (tertiary/aromatic N) is 2. The maximum absolute atomic E-state index is 12.4. The van der Waals surface area contributed by atoms with Gasteiger partial charge in [0.15, 0.2) is 11.6 Å². The van der Waals surface area contributed by atoms with E-state index in [0.29, 0.717) is 5.56 Å². The summed E-state index contributed by atoms with van der Waals surface area (Å²) in [4.78, 5) is 3.48. The molecule has 0 aliphatic carbocycles. The molecule has 1 aromatic heterocycles. The van der Waals surface area contributed by atoms with Crippen molar-refractivity contribution in [3.63, 3.8) is 0 Å². The monoisotopic (exact) mass is 213 g/mol. The Balaban J connectivity index is 3.26. The van der Waals surface area contributed by atoms with Crippen molar-refractivity contribution >= 4 is 5.82 Å². The molecule has 0 unspecified atom stereocenters. The molecule has 80 valence electrons. The first kappa shape index (κ1) is 11.2. The molecule has 4 nitrogen and oxygen atoms in total. The number of nitriles is 1. The van der Waals surface area contributed by atoms with Crippen LogP contribution in [0.5, 0.6) is 5.75 Å². The smallest absolute Gasteiger partial charge is 0.280 e. The van der Waals surface area contributed by atoms with Crippen molar-refractivity contribution in [2.45, 2.75) is 12.8 Å². The highest BCUT2D eigenvalue weighted by atomic mass is 19.3. The summed E-state index contributed by atoms with van der Waals surface area (Å²) in [5.74, 6) is 0.0569. The van der Waals surface area contributed by atoms with Crippen LogP contribution in [0.2, 0.25) is 0 Å². The number of hydrogen-bond donors (Lipinski definition) is 1. The summed E-state index contributed by atoms with van der Waals surface area (Å²) in [6.45, 7) is 0. The molecule has 0 saturated carbocycles. The third kappa shape index (κ3) is 2.31. The van der Waals surface area contributed by atoms with Crippen LogP contribution < -0.4 is 10.5 Å². The van der Waals surface area contributed by atoms with E-state index in [1.807, 2.05) is 6.07 Å². The Labute approximate surface area is 85.3 Å². The first-order valence-electron chi connectivity index (χ1n) is 4.08. The minimum atomic E-state index is -2.71. The number of ether oxygens (including phenoxy) is 1. The summed E-state index contributed by atoms with van der Waals surface area (Å²) in [5, 5.41) is 8.51. The van der Waals surface area contributed by atoms with Crippen LogP contribution in [0.4, 0.5) is 14.6 Å². The van der Waals surface area contributed by atoms with Crippen molar-refractivity contribution in [3.8, 4) is 11.8 Å². The van der Waals surface area contributed by atoms with E-state index in [-0.39, 0.29) is 18.0 Å². The molecule has 0 fully saturated rings. The van der Waals surface area contributed by atoms with Gasteiger partial charge in [-0.2, -0.15) is 5.26 Å². The van der Waals surface area contributed by atoms with Gasteiger partial charge in [-0.3, -0.25) is 0 Å². The molecule has 0 aliphatic heterocycles. The van der Waals surface area contributed by atoms with Crippen LogP contribution in [0.25, 0.3) is 0 Å². The van der Waals surface area contributed by atoms with Crippen LogP contribution in [-0.4, -0.2) is 12.1 Å². The molecule has 1 aromatic rings. The fourth-order valence-electron chi connectivity index (χ4n) is 1.19. The highest BCUT2D eigenvalue weighted by Gasteiger charge is 2.16. The predicted octanol–water partition coefficient (Wildman–Crippen LogP) is 1.68. The highest BCUT2D eigenvalue weighted by Crippen LogP contribution is 2.29. The van der Waals surface area contributed by atoms with E-state index in [2.05, 4.69) is 4.98 Å². The van der Waals surface area contributed by atoms with E-state index in [9.17, 15) is 8.78 Å². The first-order valence-corrected chi connectivity index (χ1v) is 4.08. The molecule has 0 aliphatic rings. The van der Waals surface area contributed by atoms with Gasteiger partial charge in [0.05, 0.1) is 19.6 Å². The molecule has 2 N–H and O–H groups in total. The predicted molar refractivity (Wildman–Crippen MR) is 49.5 cm³/mol. The number of aromatic nitrogens is 1. The van der Waals surface area contributed by atoms with Gasteiger partial charge in [0, 0.05) is 5.56 Å². The lowest BCUT2D eigenvalue weighted by atomic mass is 10.1. The zero-order valence-electron chi connectivity index (χ0n) is 8.00. The van der Waals surface area contributed by atoms with Gasteiger partial charge in [-0.05, 0) is 6.07 Å². The number of methoxy groups -OCH3 is 1. The largest absolute Gasteiger partial charge is 0.493 e. The first-order chi connectivity index (χ1) is 7.10. The summed E-state index contributed by atoms with van der Waals surface area (Å²) < 4.78 is 29.6. The molecule has 0 spiro atoms. The van der Waals surface area contributed by atoms with E-state index in [1.165, 1.54) is 7.11 Å². The van der Waals surface area contributed by atoms with E-state index >= 15 is 0 Å². The number of alkyl halides is 2. The molecule has 15 heavy (non-hydrogen) atoms. The molecule has 0 aromatic carbocycles. The van der Waals surface area contributed by atoms with Crippen molar-refractivity contribution in [2.24, 2.45) is 0 Å². The number of halogens is 2. The van der Waals surface area contributed by atoms with E-state index in [4.69, 9.17) is 15.7 Å².